The molecule has 4 N–H and O–H groups in total. The molecule has 4 aromatic heterocycles. The minimum atomic E-state index is -3.09. The van der Waals surface area contributed by atoms with Gasteiger partial charge in [-0.15, -0.1) is 74.4 Å². The molecule has 28 heteroatoms. The molecule has 0 spiro atoms. The van der Waals surface area contributed by atoms with E-state index in [2.05, 4.69) is 47.9 Å². The monoisotopic (exact) mass is 1510 g/mol. The smallest absolute Gasteiger partial charge is 1.00 e. The van der Waals surface area contributed by atoms with Gasteiger partial charge in [0.05, 0.1) is 11.2 Å². The van der Waals surface area contributed by atoms with Crippen LogP contribution in [0.2, 0.25) is 0 Å². The minimum Gasteiger partial charge on any atom is -1.00 e. The van der Waals surface area contributed by atoms with Crippen molar-refractivity contribution in [2.45, 2.75) is 25.7 Å². The third kappa shape index (κ3) is 28.5. The number of rotatable bonds is 9. The maximum Gasteiger partial charge on any atom is 1.00 e. The summed E-state index contributed by atoms with van der Waals surface area (Å²) < 4.78 is 58.0. The number of aromatic carboxylic acids is 1. The molecule has 4 aromatic carbocycles. The molecule has 4 heterocycles. The van der Waals surface area contributed by atoms with Crippen molar-refractivity contribution in [2.75, 3.05) is 5.34 Å². The Labute approximate surface area is 516 Å². The number of aliphatic hydroxyl groups excluding tert-OH is 1. The van der Waals surface area contributed by atoms with Gasteiger partial charge in [-0.1, -0.05) is 85.4 Å². The van der Waals surface area contributed by atoms with Crippen LogP contribution in [0.3, 0.4) is 0 Å². The van der Waals surface area contributed by atoms with Gasteiger partial charge in [-0.25, -0.2) is 9.78 Å². The normalized spacial score (nSPS) is 9.73. The Morgan fingerprint density at radius 1 is 0.693 bits per heavy atom. The zero-order chi connectivity index (χ0) is 52.8. The van der Waals surface area contributed by atoms with Crippen molar-refractivity contribution in [1.82, 2.24) is 39.5 Å². The number of hydrogen-bond donors (Lipinski definition) is 2. The predicted octanol–water partition coefficient (Wildman–Crippen LogP) is 5.50. The summed E-state index contributed by atoms with van der Waals surface area (Å²) in [5.74, 6) is -7.15. The van der Waals surface area contributed by atoms with Gasteiger partial charge in [-0.05, 0) is 48.5 Å². The summed E-state index contributed by atoms with van der Waals surface area (Å²) in [6.07, 6.45) is 3.06. The molecule has 0 amide bonds. The fourth-order valence-electron chi connectivity index (χ4n) is 5.28. The van der Waals surface area contributed by atoms with Gasteiger partial charge in [0.25, 0.3) is 6.47 Å². The number of alkyl halides is 6. The van der Waals surface area contributed by atoms with Crippen LogP contribution in [0.4, 0.5) is 17.6 Å². The molecule has 15 nitrogen and oxygen atoms in total. The van der Waals surface area contributed by atoms with Crippen molar-refractivity contribution in [3.63, 3.8) is 0 Å². The van der Waals surface area contributed by atoms with Crippen molar-refractivity contribution >= 4 is 70.2 Å². The molecule has 0 unspecified atom stereocenters. The second-order valence-corrected chi connectivity index (χ2v) is 24.3. The molecule has 0 atom stereocenters. The molecular formula is C47H43Cl5F4Ir2N8Na2O7-. The van der Waals surface area contributed by atoms with E-state index in [1.807, 2.05) is 48.5 Å². The molecule has 0 aliphatic carbocycles. The van der Waals surface area contributed by atoms with Gasteiger partial charge in [0.15, 0.2) is 11.6 Å². The summed E-state index contributed by atoms with van der Waals surface area (Å²) >= 11 is 7.61. The van der Waals surface area contributed by atoms with Gasteiger partial charge in [0.2, 0.25) is 5.82 Å². The van der Waals surface area contributed by atoms with E-state index in [4.69, 9.17) is 72.2 Å². The third-order valence-electron chi connectivity index (χ3n) is 8.01. The first kappa shape index (κ1) is 75.6. The number of hydrogen-bond acceptors (Lipinski definition) is 11. The Morgan fingerprint density at radius 2 is 1.05 bits per heavy atom. The summed E-state index contributed by atoms with van der Waals surface area (Å²) in [6.45, 7) is 4.78. The Kier molecular flexibility index (Phi) is 41.7. The summed E-state index contributed by atoms with van der Waals surface area (Å²) in [6, 6.07) is 47.1. The predicted molar refractivity (Wildman–Crippen MR) is 265 cm³/mol. The molecule has 75 heavy (non-hydrogen) atoms. The number of nitrogens with zero attached hydrogens (tertiary/aromatic N) is 8. The molecule has 0 bridgehead atoms. The third-order valence-corrected chi connectivity index (χ3v) is 8.01. The van der Waals surface area contributed by atoms with Crippen LogP contribution in [0.1, 0.15) is 43.1 Å². The van der Waals surface area contributed by atoms with Gasteiger partial charge in [0, 0.05) is 63.3 Å². The van der Waals surface area contributed by atoms with Crippen LogP contribution in [0.5, 0.6) is 0 Å². The number of halogens is 9. The van der Waals surface area contributed by atoms with Crippen LogP contribution in [0.15, 0.2) is 171 Å². The zero-order valence-corrected chi connectivity index (χ0v) is 52.3. The van der Waals surface area contributed by atoms with Gasteiger partial charge in [-0.3, -0.25) is 14.3 Å². The van der Waals surface area contributed by atoms with Crippen LogP contribution in [0, 0.1) is 6.07 Å². The summed E-state index contributed by atoms with van der Waals surface area (Å²) in [4.78, 5) is 28.8. The Morgan fingerprint density at radius 3 is 1.36 bits per heavy atom. The number of carboxylic acid groups (broad SMARTS) is 1. The Bertz CT molecular complexity index is 2580. The first-order chi connectivity index (χ1) is 33.8. The molecule has 0 saturated heterocycles. The molecule has 0 fully saturated rings. The molecule has 0 saturated carbocycles. The van der Waals surface area contributed by atoms with Gasteiger partial charge in [0.1, 0.15) is 17.1 Å². The zero-order valence-electron chi connectivity index (χ0n) is 40.8. The molecule has 8 rings (SSSR count). The molecule has 1 radical (unpaired) electrons. The van der Waals surface area contributed by atoms with E-state index in [-0.39, 0.29) is 121 Å². The van der Waals surface area contributed by atoms with E-state index in [1.54, 1.807) is 103 Å². The van der Waals surface area contributed by atoms with Crippen LogP contribution in [-0.4, -0.2) is 73.0 Å². The van der Waals surface area contributed by atoms with E-state index in [0.717, 1.165) is 19.4 Å². The fourth-order valence-corrected chi connectivity index (χ4v) is 5.28. The topological polar surface area (TPSA) is 226 Å². The van der Waals surface area contributed by atoms with Gasteiger partial charge >= 0.3 is 119 Å². The average Bonchev–Trinajstić information content (AvgIpc) is 4.04. The molecular weight excluding hydrogens is 1470 g/mol. The number of benzene rings is 4. The van der Waals surface area contributed by atoms with E-state index < -0.39 is 31.3 Å². The number of carbonyl (C=O) groups excluding carboxylic acids is 1. The summed E-state index contributed by atoms with van der Waals surface area (Å²) in [7, 11) is 14.9. The van der Waals surface area contributed by atoms with E-state index in [9.17, 15) is 22.4 Å². The fraction of sp³-hybridized carbons (Fsp3) is 0.106. The number of carboxylic acids is 1. The maximum atomic E-state index is 13.8. The average molecular weight is 1520 g/mol. The molecule has 0 aliphatic rings. The molecule has 0 aliphatic heterocycles. The van der Waals surface area contributed by atoms with E-state index in [1.165, 1.54) is 21.4 Å². The van der Waals surface area contributed by atoms with Crippen molar-refractivity contribution in [2.24, 2.45) is 0 Å². The summed E-state index contributed by atoms with van der Waals surface area (Å²) in [5.41, 5.74) is 3.16. The Balaban J connectivity index is -0.000000438. The van der Waals surface area contributed by atoms with Crippen LogP contribution >= 0.6 is 52.0 Å². The van der Waals surface area contributed by atoms with Crippen molar-refractivity contribution in [3.8, 4) is 34.2 Å². The van der Waals surface area contributed by atoms with Crippen molar-refractivity contribution in [1.29, 1.82) is 0 Å². The number of para-hydroxylation sites is 2. The first-order valence-electron chi connectivity index (χ1n) is 19.5. The van der Waals surface area contributed by atoms with Gasteiger partial charge < -0.3 is 31.8 Å². The molecule has 397 valence electrons. The number of aliphatic hydroxyl groups is 1. The van der Waals surface area contributed by atoms with Crippen molar-refractivity contribution in [3.05, 3.63) is 200 Å². The van der Waals surface area contributed by atoms with E-state index >= 15 is 0 Å². The van der Waals surface area contributed by atoms with Crippen LogP contribution in [-0.2, 0) is 55.1 Å². The van der Waals surface area contributed by atoms with Crippen LogP contribution < -0.4 is 64.4 Å². The number of pyridine rings is 2. The second-order valence-electron chi connectivity index (χ2n) is 13.1. The number of aromatic nitrogens is 8. The standard InChI is InChI=1S/C16H13F2N3.C16H12F2N3.C7H7NO.C6H5NO2.CH2Cl2.CH2O3.3ClH.2Ir.2Na.H2O.H/c2*1-16(17,18)15-20-19-14(12-8-4-2-5-9-12)21(15)13-10-6-3-7-11-13;1-6(9)7-4-2-3-5-8-7;8-6(9)5-3-1-2-4-7-5;2-1-3;2-1-4-3;;;;;;;;;/h2-11H,1H3;2-8,10-11H,1H3;2-5,9H,1H2;1-4H,(H,8,9);1H2;1,3H;3*1H;;;;;1H2;/q;-1;;;;;;;;;+3;2*+1;;-1/p-4. The van der Waals surface area contributed by atoms with Gasteiger partial charge in [-0.2, -0.15) is 22.7 Å². The molecule has 8 aromatic rings. The van der Waals surface area contributed by atoms with Crippen LogP contribution in [0.25, 0.3) is 39.9 Å². The minimum absolute atomic E-state index is 0. The van der Waals surface area contributed by atoms with E-state index in [0.29, 0.717) is 34.3 Å². The van der Waals surface area contributed by atoms with Crippen molar-refractivity contribution < 1.29 is 147 Å². The second kappa shape index (κ2) is 41.4. The first-order valence-corrected chi connectivity index (χ1v) is 29.5. The summed E-state index contributed by atoms with van der Waals surface area (Å²) in [5, 5.41) is 41.0. The largest absolute Gasteiger partial charge is 1.00 e. The Hall–Kier alpha value is -3.67. The number of carbonyl (C=O) groups is 2. The SMILES string of the molecule is C=C(O)c1ccccn1.CC(F)(F)c1nnc(-c2[c-]cccc2)n1-c1ccccc1.CC(F)(F)c1nnc(-c2ccccc2)n1-c1ccccc1.ClCCl.O.O=C(O)c1ccccn1.O=CO[O-].[Cl][Ir]([Cl])[Cl].[H-].[Ir].[Na+].[Na+]. The maximum absolute atomic E-state index is 13.8. The quantitative estimate of drug-likeness (QED) is 0.0267.